The van der Waals surface area contributed by atoms with Crippen LogP contribution >= 0.6 is 11.3 Å². The van der Waals surface area contributed by atoms with Crippen molar-refractivity contribution < 1.29 is 5.11 Å². The summed E-state index contributed by atoms with van der Waals surface area (Å²) in [4.78, 5) is 29.4. The average Bonchev–Trinajstić information content (AvgIpc) is 2.93. The second-order valence-corrected chi connectivity index (χ2v) is 6.45. The van der Waals surface area contributed by atoms with Gasteiger partial charge in [0.2, 0.25) is 0 Å². The number of aliphatic hydroxyl groups is 1. The summed E-state index contributed by atoms with van der Waals surface area (Å²) < 4.78 is 6.27. The third kappa shape index (κ3) is 2.45. The van der Waals surface area contributed by atoms with E-state index in [0.29, 0.717) is 24.1 Å². The molecule has 0 aromatic carbocycles. The molecule has 0 aliphatic carbocycles. The van der Waals surface area contributed by atoms with E-state index < -0.39 is 0 Å². The number of hydrogen-bond acceptors (Lipinski definition) is 5. The lowest BCUT2D eigenvalue weighted by Crippen LogP contribution is -2.44. The van der Waals surface area contributed by atoms with Crippen molar-refractivity contribution in [3.8, 4) is 0 Å². The Morgan fingerprint density at radius 1 is 1.30 bits per heavy atom. The highest BCUT2D eigenvalue weighted by Gasteiger charge is 2.22. The summed E-state index contributed by atoms with van der Waals surface area (Å²) in [5.41, 5.74) is 1.38. The third-order valence-electron chi connectivity index (χ3n) is 3.91. The molecule has 3 rings (SSSR count). The lowest BCUT2D eigenvalue weighted by molar-refractivity contribution is 0.277. The van der Waals surface area contributed by atoms with Gasteiger partial charge in [-0.15, -0.1) is 11.3 Å². The van der Waals surface area contributed by atoms with E-state index in [2.05, 4.69) is 4.98 Å². The Labute approximate surface area is 135 Å². The van der Waals surface area contributed by atoms with Gasteiger partial charge in [-0.1, -0.05) is 0 Å². The third-order valence-corrected chi connectivity index (χ3v) is 4.86. The maximum absolute atomic E-state index is 12.7. The van der Waals surface area contributed by atoms with E-state index in [-0.39, 0.29) is 24.4 Å². The Kier molecular flexibility index (Phi) is 3.99. The van der Waals surface area contributed by atoms with Crippen molar-refractivity contribution in [3.05, 3.63) is 36.9 Å². The highest BCUT2D eigenvalue weighted by atomic mass is 32.1. The fourth-order valence-electron chi connectivity index (χ4n) is 2.77. The van der Waals surface area contributed by atoms with Crippen LogP contribution in [0.1, 0.15) is 17.1 Å². The maximum atomic E-state index is 12.7. The zero-order valence-corrected chi connectivity index (χ0v) is 14.1. The molecule has 124 valence electrons. The minimum Gasteiger partial charge on any atom is -0.396 e. The predicted molar refractivity (Wildman–Crippen MR) is 88.1 cm³/mol. The number of nitrogens with zero attached hydrogens (tertiary/aromatic N) is 5. The van der Waals surface area contributed by atoms with Crippen molar-refractivity contribution in [2.45, 2.75) is 26.4 Å². The minimum atomic E-state index is -0.362. The van der Waals surface area contributed by atoms with Crippen LogP contribution < -0.4 is 11.2 Å². The molecule has 3 heterocycles. The molecule has 8 nitrogen and oxygen atoms in total. The average molecular weight is 337 g/mol. The van der Waals surface area contributed by atoms with Gasteiger partial charge in [-0.2, -0.15) is 0 Å². The molecule has 0 atom stereocenters. The summed E-state index contributed by atoms with van der Waals surface area (Å²) in [7, 11) is 3.47. The van der Waals surface area contributed by atoms with Crippen molar-refractivity contribution in [3.63, 3.8) is 0 Å². The minimum absolute atomic E-state index is 0.0608. The number of aromatic nitrogens is 5. The first kappa shape index (κ1) is 15.8. The molecule has 0 amide bonds. The van der Waals surface area contributed by atoms with Gasteiger partial charge in [0.25, 0.3) is 5.56 Å². The van der Waals surface area contributed by atoms with Crippen LogP contribution in [0.25, 0.3) is 11.2 Å². The number of thiazole rings is 1. The van der Waals surface area contributed by atoms with Crippen LogP contribution in [0.4, 0.5) is 0 Å². The molecule has 1 N–H and O–H groups in total. The normalized spacial score (nSPS) is 11.7. The number of aryl methyl sites for hydroxylation is 3. The number of rotatable bonds is 5. The second-order valence-electron chi connectivity index (χ2n) is 5.51. The van der Waals surface area contributed by atoms with Gasteiger partial charge in [-0.05, 0) is 13.3 Å². The van der Waals surface area contributed by atoms with Crippen LogP contribution in [0, 0.1) is 6.92 Å². The molecule has 0 saturated carbocycles. The van der Waals surface area contributed by atoms with Crippen molar-refractivity contribution in [2.24, 2.45) is 14.1 Å². The molecule has 3 aromatic rings. The van der Waals surface area contributed by atoms with E-state index in [9.17, 15) is 9.59 Å². The summed E-state index contributed by atoms with van der Waals surface area (Å²) in [6, 6.07) is 0. The van der Waals surface area contributed by atoms with Gasteiger partial charge < -0.3 is 5.11 Å². The Hall–Kier alpha value is -2.13. The number of fused-ring (bicyclic) bond motifs is 1. The Morgan fingerprint density at radius 2 is 2.04 bits per heavy atom. The van der Waals surface area contributed by atoms with E-state index in [1.54, 1.807) is 23.1 Å². The lowest BCUT2D eigenvalue weighted by atomic mass is 10.4. The van der Waals surface area contributed by atoms with E-state index in [0.717, 1.165) is 10.7 Å². The van der Waals surface area contributed by atoms with Gasteiger partial charge in [-0.3, -0.25) is 23.3 Å². The van der Waals surface area contributed by atoms with Gasteiger partial charge >= 0.3 is 5.69 Å². The molecule has 0 bridgehead atoms. The first-order chi connectivity index (χ1) is 11.0. The van der Waals surface area contributed by atoms with Crippen LogP contribution in [-0.4, -0.2) is 35.2 Å². The highest BCUT2D eigenvalue weighted by Crippen LogP contribution is 2.17. The predicted octanol–water partition coefficient (Wildman–Crippen LogP) is 0.0358. The second kappa shape index (κ2) is 5.82. The van der Waals surface area contributed by atoms with Crippen LogP contribution in [0.3, 0.4) is 0 Å². The highest BCUT2D eigenvalue weighted by molar-refractivity contribution is 7.09. The first-order valence-electron chi connectivity index (χ1n) is 7.32. The van der Waals surface area contributed by atoms with Crippen molar-refractivity contribution in [2.75, 3.05) is 6.61 Å². The van der Waals surface area contributed by atoms with E-state index in [1.165, 1.54) is 9.13 Å². The van der Waals surface area contributed by atoms with Gasteiger partial charge in [-0.25, -0.2) is 9.78 Å². The standard InChI is InChI=1S/C14H19N5O3S/c1-9-8-23-10(15-9)7-19-11-12(17(19)3)16(2)14(22)18(13(11)21)5-4-6-20/h8,20H,4-7H2,1-3H3. The van der Waals surface area contributed by atoms with Crippen molar-refractivity contribution in [1.29, 1.82) is 0 Å². The summed E-state index contributed by atoms with van der Waals surface area (Å²) in [6.45, 7) is 2.58. The van der Waals surface area contributed by atoms with E-state index in [4.69, 9.17) is 5.11 Å². The van der Waals surface area contributed by atoms with E-state index >= 15 is 0 Å². The van der Waals surface area contributed by atoms with Gasteiger partial charge in [0.15, 0.2) is 11.2 Å². The fraction of sp³-hybridized carbons (Fsp3) is 0.500. The van der Waals surface area contributed by atoms with E-state index in [1.807, 2.05) is 24.0 Å². The van der Waals surface area contributed by atoms with Crippen LogP contribution in [0.15, 0.2) is 15.0 Å². The zero-order chi connectivity index (χ0) is 16.7. The van der Waals surface area contributed by atoms with Crippen LogP contribution in [0.5, 0.6) is 0 Å². The molecule has 0 aliphatic heterocycles. The van der Waals surface area contributed by atoms with Crippen LogP contribution in [-0.2, 0) is 27.2 Å². The molecule has 23 heavy (non-hydrogen) atoms. The molecule has 0 spiro atoms. The van der Waals surface area contributed by atoms with Gasteiger partial charge in [0.1, 0.15) is 5.01 Å². The summed E-state index contributed by atoms with van der Waals surface area (Å²) in [6.07, 6.45) is 0.370. The molecule has 9 heteroatoms. The molecule has 0 aliphatic rings. The maximum Gasteiger partial charge on any atom is 0.332 e. The summed E-state index contributed by atoms with van der Waals surface area (Å²) >= 11 is 1.55. The Morgan fingerprint density at radius 3 is 2.65 bits per heavy atom. The zero-order valence-electron chi connectivity index (χ0n) is 13.3. The largest absolute Gasteiger partial charge is 0.396 e. The SMILES string of the molecule is Cc1csc(Cn2c3c(=O)n(CCCO)c(=O)n(C)c3n2C)n1. The van der Waals surface area contributed by atoms with Crippen molar-refractivity contribution in [1.82, 2.24) is 23.5 Å². The molecule has 0 unspecified atom stereocenters. The van der Waals surface area contributed by atoms with Crippen molar-refractivity contribution >= 4 is 22.5 Å². The molecule has 0 radical (unpaired) electrons. The molecule has 3 aromatic heterocycles. The Balaban J connectivity index is 2.14. The summed E-state index contributed by atoms with van der Waals surface area (Å²) in [5, 5.41) is 11.8. The topological polar surface area (TPSA) is 87.0 Å². The number of aliphatic hydroxyl groups excluding tert-OH is 1. The fourth-order valence-corrected chi connectivity index (χ4v) is 3.52. The molecular formula is C14H19N5O3S. The smallest absolute Gasteiger partial charge is 0.332 e. The Bertz CT molecular complexity index is 971. The van der Waals surface area contributed by atoms with Gasteiger partial charge in [0.05, 0.1) is 6.54 Å². The molecule has 0 saturated heterocycles. The molecular weight excluding hydrogens is 318 g/mol. The molecule has 0 fully saturated rings. The quantitative estimate of drug-likeness (QED) is 0.712. The van der Waals surface area contributed by atoms with Crippen LogP contribution in [0.2, 0.25) is 0 Å². The first-order valence-corrected chi connectivity index (χ1v) is 8.20. The summed E-state index contributed by atoms with van der Waals surface area (Å²) in [5.74, 6) is 0. The number of hydrogen-bond donors (Lipinski definition) is 1. The lowest BCUT2D eigenvalue weighted by Gasteiger charge is -2.25. The van der Waals surface area contributed by atoms with Gasteiger partial charge in [0, 0.05) is 38.3 Å². The monoisotopic (exact) mass is 337 g/mol.